The molecule has 1 aliphatic rings. The van der Waals surface area contributed by atoms with Crippen molar-refractivity contribution < 1.29 is 9.90 Å². The summed E-state index contributed by atoms with van der Waals surface area (Å²) in [5, 5.41) is 11.7. The topological polar surface area (TPSA) is 50.2 Å². The highest BCUT2D eigenvalue weighted by Crippen LogP contribution is 2.33. The maximum Gasteiger partial charge on any atom is 0.309 e. The predicted octanol–water partition coefficient (Wildman–Crippen LogP) is 2.38. The van der Waals surface area contributed by atoms with Crippen molar-refractivity contribution in [1.29, 1.82) is 0 Å². The van der Waals surface area contributed by atoms with Gasteiger partial charge in [-0.2, -0.15) is 11.8 Å². The van der Waals surface area contributed by atoms with E-state index in [0.717, 1.165) is 5.01 Å². The van der Waals surface area contributed by atoms with Crippen LogP contribution in [0.5, 0.6) is 0 Å². The van der Waals surface area contributed by atoms with Gasteiger partial charge in [0.1, 0.15) is 0 Å². The number of aromatic nitrogens is 1. The Morgan fingerprint density at radius 1 is 1.53 bits per heavy atom. The van der Waals surface area contributed by atoms with E-state index in [9.17, 15) is 4.79 Å². The number of carbonyl (C=O) groups is 1. The summed E-state index contributed by atoms with van der Waals surface area (Å²) in [6.07, 6.45) is 2.42. The van der Waals surface area contributed by atoms with Crippen LogP contribution >= 0.6 is 23.1 Å². The average Bonchev–Trinajstić information content (AvgIpc) is 2.67. The zero-order valence-corrected chi connectivity index (χ0v) is 9.94. The minimum Gasteiger partial charge on any atom is -0.481 e. The lowest BCUT2D eigenvalue weighted by atomic mass is 10.0. The Labute approximate surface area is 96.9 Å². The number of thioether (sulfide) groups is 1. The molecule has 0 aromatic carbocycles. The first-order valence-corrected chi connectivity index (χ1v) is 7.03. The van der Waals surface area contributed by atoms with E-state index in [-0.39, 0.29) is 6.42 Å². The van der Waals surface area contributed by atoms with Crippen molar-refractivity contribution in [2.45, 2.75) is 25.2 Å². The first-order valence-electron chi connectivity index (χ1n) is 4.99. The first-order chi connectivity index (χ1) is 7.25. The van der Waals surface area contributed by atoms with Gasteiger partial charge in [-0.25, -0.2) is 4.98 Å². The molecule has 0 saturated carbocycles. The number of nitrogens with zero attached hydrogens (tertiary/aromatic N) is 1. The molecule has 0 unspecified atom stereocenters. The summed E-state index contributed by atoms with van der Waals surface area (Å²) < 4.78 is 0. The molecule has 15 heavy (non-hydrogen) atoms. The lowest BCUT2D eigenvalue weighted by molar-refractivity contribution is -0.136. The van der Waals surface area contributed by atoms with Gasteiger partial charge in [0.15, 0.2) is 0 Å². The molecule has 1 N–H and O–H groups in total. The van der Waals surface area contributed by atoms with Crippen LogP contribution in [-0.2, 0) is 11.2 Å². The van der Waals surface area contributed by atoms with Crippen molar-refractivity contribution in [1.82, 2.24) is 4.98 Å². The molecular weight excluding hydrogens is 230 g/mol. The number of carboxylic acids is 1. The minimum absolute atomic E-state index is 0.0535. The van der Waals surface area contributed by atoms with Gasteiger partial charge in [-0.3, -0.25) is 4.79 Å². The summed E-state index contributed by atoms with van der Waals surface area (Å²) >= 11 is 3.61. The van der Waals surface area contributed by atoms with Crippen LogP contribution in [0.3, 0.4) is 0 Å². The van der Waals surface area contributed by atoms with Gasteiger partial charge in [0.25, 0.3) is 0 Å². The molecule has 2 rings (SSSR count). The molecule has 0 amide bonds. The van der Waals surface area contributed by atoms with Gasteiger partial charge in [0.05, 0.1) is 17.1 Å². The van der Waals surface area contributed by atoms with Gasteiger partial charge < -0.3 is 5.11 Å². The average molecular weight is 243 g/mol. The van der Waals surface area contributed by atoms with Gasteiger partial charge in [0, 0.05) is 11.3 Å². The van der Waals surface area contributed by atoms with Crippen molar-refractivity contribution in [2.75, 3.05) is 11.5 Å². The van der Waals surface area contributed by atoms with Gasteiger partial charge in [-0.1, -0.05) is 0 Å². The van der Waals surface area contributed by atoms with Crippen LogP contribution in [0.1, 0.15) is 29.5 Å². The molecular formula is C10H13NO2S2. The summed E-state index contributed by atoms with van der Waals surface area (Å²) in [5.41, 5.74) is 0.709. The standard InChI is InChI=1S/C10H13NO2S2/c12-9(13)5-8-6-15-10(11-8)7-1-3-14-4-2-7/h6-7H,1-5H2,(H,12,13). The van der Waals surface area contributed by atoms with Crippen LogP contribution in [-0.4, -0.2) is 27.6 Å². The third kappa shape index (κ3) is 2.95. The van der Waals surface area contributed by atoms with E-state index in [0.29, 0.717) is 11.6 Å². The maximum atomic E-state index is 10.5. The number of hydrogen-bond acceptors (Lipinski definition) is 4. The summed E-state index contributed by atoms with van der Waals surface area (Å²) in [7, 11) is 0. The largest absolute Gasteiger partial charge is 0.481 e. The molecule has 82 valence electrons. The Balaban J connectivity index is 2.02. The highest BCUT2D eigenvalue weighted by molar-refractivity contribution is 7.99. The van der Waals surface area contributed by atoms with Gasteiger partial charge in [-0.05, 0) is 24.3 Å². The second kappa shape index (κ2) is 4.99. The Morgan fingerprint density at radius 3 is 2.93 bits per heavy atom. The van der Waals surface area contributed by atoms with Crippen molar-refractivity contribution in [3.05, 3.63) is 16.1 Å². The van der Waals surface area contributed by atoms with Crippen LogP contribution in [0.25, 0.3) is 0 Å². The van der Waals surface area contributed by atoms with E-state index in [1.54, 1.807) is 11.3 Å². The minimum atomic E-state index is -0.800. The lowest BCUT2D eigenvalue weighted by Crippen LogP contribution is -2.08. The summed E-state index contributed by atoms with van der Waals surface area (Å²) in [6, 6.07) is 0. The van der Waals surface area contributed by atoms with Crippen molar-refractivity contribution >= 4 is 29.1 Å². The third-order valence-electron chi connectivity index (χ3n) is 2.47. The van der Waals surface area contributed by atoms with Crippen LogP contribution in [0.15, 0.2) is 5.38 Å². The molecule has 1 aromatic rings. The first kappa shape index (κ1) is 11.0. The summed E-state index contributed by atoms with van der Waals surface area (Å²) in [6.45, 7) is 0. The normalized spacial score (nSPS) is 17.9. The molecule has 1 aliphatic heterocycles. The predicted molar refractivity (Wildman–Crippen MR) is 62.8 cm³/mol. The highest BCUT2D eigenvalue weighted by atomic mass is 32.2. The Bertz CT molecular complexity index is 345. The molecule has 0 radical (unpaired) electrons. The Morgan fingerprint density at radius 2 is 2.27 bits per heavy atom. The van der Waals surface area contributed by atoms with Crippen molar-refractivity contribution in [2.24, 2.45) is 0 Å². The molecule has 1 aromatic heterocycles. The number of carboxylic acid groups (broad SMARTS) is 1. The molecule has 1 saturated heterocycles. The van der Waals surface area contributed by atoms with Gasteiger partial charge in [0.2, 0.25) is 0 Å². The summed E-state index contributed by atoms with van der Waals surface area (Å²) in [5.74, 6) is 2.18. The van der Waals surface area contributed by atoms with E-state index < -0.39 is 5.97 Å². The third-order valence-corrected chi connectivity index (χ3v) is 4.58. The fourth-order valence-corrected chi connectivity index (χ4v) is 3.79. The molecule has 0 spiro atoms. The molecule has 0 bridgehead atoms. The van der Waals surface area contributed by atoms with Crippen LogP contribution in [0.4, 0.5) is 0 Å². The van der Waals surface area contributed by atoms with E-state index in [4.69, 9.17) is 5.11 Å². The van der Waals surface area contributed by atoms with Crippen LogP contribution in [0.2, 0.25) is 0 Å². The Kier molecular flexibility index (Phi) is 3.64. The number of rotatable bonds is 3. The second-order valence-corrected chi connectivity index (χ2v) is 5.75. The van der Waals surface area contributed by atoms with Crippen LogP contribution < -0.4 is 0 Å². The van der Waals surface area contributed by atoms with Gasteiger partial charge in [-0.15, -0.1) is 11.3 Å². The summed E-state index contributed by atoms with van der Waals surface area (Å²) in [4.78, 5) is 14.9. The van der Waals surface area contributed by atoms with E-state index in [1.807, 2.05) is 17.1 Å². The zero-order chi connectivity index (χ0) is 10.7. The quantitative estimate of drug-likeness (QED) is 0.885. The molecule has 1 fully saturated rings. The molecule has 0 atom stereocenters. The van der Waals surface area contributed by atoms with Crippen molar-refractivity contribution in [3.63, 3.8) is 0 Å². The Hall–Kier alpha value is -0.550. The molecule has 5 heteroatoms. The van der Waals surface area contributed by atoms with Crippen molar-refractivity contribution in [3.8, 4) is 0 Å². The van der Waals surface area contributed by atoms with Crippen LogP contribution in [0, 0.1) is 0 Å². The number of thiazole rings is 1. The van der Waals surface area contributed by atoms with E-state index in [1.165, 1.54) is 24.3 Å². The molecule has 2 heterocycles. The number of aliphatic carboxylic acids is 1. The number of hydrogen-bond donors (Lipinski definition) is 1. The second-order valence-electron chi connectivity index (χ2n) is 3.63. The zero-order valence-electron chi connectivity index (χ0n) is 8.31. The van der Waals surface area contributed by atoms with Gasteiger partial charge >= 0.3 is 5.97 Å². The fraction of sp³-hybridized carbons (Fsp3) is 0.600. The fourth-order valence-electron chi connectivity index (χ4n) is 1.69. The monoisotopic (exact) mass is 243 g/mol. The maximum absolute atomic E-state index is 10.5. The van der Waals surface area contributed by atoms with E-state index in [2.05, 4.69) is 4.98 Å². The smallest absolute Gasteiger partial charge is 0.309 e. The molecule has 0 aliphatic carbocycles. The van der Waals surface area contributed by atoms with E-state index >= 15 is 0 Å². The SMILES string of the molecule is O=C(O)Cc1csc(C2CCSCC2)n1. The highest BCUT2D eigenvalue weighted by Gasteiger charge is 2.19. The lowest BCUT2D eigenvalue weighted by Gasteiger charge is -2.18. The molecule has 3 nitrogen and oxygen atoms in total.